The summed E-state index contributed by atoms with van der Waals surface area (Å²) in [6.45, 7) is 7.35. The van der Waals surface area contributed by atoms with Gasteiger partial charge in [0.1, 0.15) is 6.17 Å². The number of hydrogen-bond acceptors (Lipinski definition) is 8. The highest BCUT2D eigenvalue weighted by atomic mass is 15.3. The van der Waals surface area contributed by atoms with Crippen molar-refractivity contribution in [2.75, 3.05) is 59.9 Å². The number of hydrogen-bond donors (Lipinski definition) is 4. The molecule has 4 aliphatic heterocycles. The van der Waals surface area contributed by atoms with Gasteiger partial charge in [-0.15, -0.1) is 0 Å². The minimum absolute atomic E-state index is 0.0681. The summed E-state index contributed by atoms with van der Waals surface area (Å²) in [6.07, 6.45) is 15.0. The lowest BCUT2D eigenvalue weighted by molar-refractivity contribution is 0.0712. The van der Waals surface area contributed by atoms with Crippen molar-refractivity contribution in [3.63, 3.8) is 0 Å². The predicted molar refractivity (Wildman–Crippen MR) is 269 cm³/mol. The molecule has 4 atom stereocenters. The summed E-state index contributed by atoms with van der Waals surface area (Å²) in [5.74, 6) is 0. The minimum Gasteiger partial charge on any atom is -0.309 e. The van der Waals surface area contributed by atoms with Gasteiger partial charge < -0.3 is 9.13 Å². The Balaban J connectivity index is 1.07. The fourth-order valence-electron chi connectivity index (χ4n) is 12.5. The van der Waals surface area contributed by atoms with E-state index in [1.165, 1.54) is 129 Å². The normalized spacial score (nSPS) is 24.7. The zero-order chi connectivity index (χ0) is 43.4. The molecule has 4 fully saturated rings. The molecule has 6 heterocycles. The van der Waals surface area contributed by atoms with E-state index in [2.05, 4.69) is 162 Å². The summed E-state index contributed by atoms with van der Waals surface area (Å²) in [4.78, 5) is 12.8. The number of rotatable bonds is 7. The third kappa shape index (κ3) is 7.51. The highest BCUT2D eigenvalue weighted by Gasteiger charge is 2.33. The van der Waals surface area contributed by atoms with Gasteiger partial charge in [-0.3, -0.25) is 41.0 Å². The van der Waals surface area contributed by atoms with Crippen LogP contribution in [0.1, 0.15) is 111 Å². The van der Waals surface area contributed by atoms with Crippen LogP contribution in [0.5, 0.6) is 0 Å². The van der Waals surface area contributed by atoms with Gasteiger partial charge in [0.15, 0.2) is 0 Å². The molecule has 5 aliphatic rings. The molecule has 4 unspecified atom stereocenters. The predicted octanol–water partition coefficient (Wildman–Crippen LogP) is 9.81. The van der Waals surface area contributed by atoms with Crippen molar-refractivity contribution in [3.05, 3.63) is 119 Å². The van der Waals surface area contributed by atoms with Gasteiger partial charge in [-0.25, -0.2) is 0 Å². The lowest BCUT2D eigenvalue weighted by atomic mass is 9.98. The van der Waals surface area contributed by atoms with Gasteiger partial charge >= 0.3 is 0 Å². The topological polar surface area (TPSA) is 80.1 Å². The summed E-state index contributed by atoms with van der Waals surface area (Å²) in [5, 5.41) is 20.7. The van der Waals surface area contributed by atoms with E-state index in [1.54, 1.807) is 0 Å². The van der Waals surface area contributed by atoms with Gasteiger partial charge in [0.25, 0.3) is 0 Å². The second-order valence-electron chi connectivity index (χ2n) is 19.7. The molecule has 65 heavy (non-hydrogen) atoms. The molecule has 5 aromatic carbocycles. The Hall–Kier alpha value is -4.91. The van der Waals surface area contributed by atoms with Gasteiger partial charge in [-0.2, -0.15) is 0 Å². The van der Waals surface area contributed by atoms with Crippen LogP contribution in [0, 0.1) is 0 Å². The van der Waals surface area contributed by atoms with Crippen LogP contribution < -0.4 is 21.3 Å². The first-order chi connectivity index (χ1) is 32.1. The summed E-state index contributed by atoms with van der Waals surface area (Å²) in [5.41, 5.74) is 12.6. The van der Waals surface area contributed by atoms with Crippen LogP contribution in [0.25, 0.3) is 55.0 Å². The lowest BCUT2D eigenvalue weighted by Crippen LogP contribution is -2.49. The third-order valence-corrected chi connectivity index (χ3v) is 15.5. The van der Waals surface area contributed by atoms with Crippen LogP contribution in [0.4, 0.5) is 0 Å². The first kappa shape index (κ1) is 41.5. The first-order valence-electron chi connectivity index (χ1n) is 25.0. The van der Waals surface area contributed by atoms with Gasteiger partial charge in [0, 0.05) is 71.4 Å². The van der Waals surface area contributed by atoms with Gasteiger partial charge in [0.05, 0.1) is 40.6 Å². The SMILES string of the molecule is CN1CCCNC1c1cc(C2N=CCCN2)cc(-n2c3ccccc3c3c4c5ccccc5n(-c5cc(C6NCCCN6C)cc(C6NCCCN6C6CCCCCC6)c5)c4ccc32)c1. The maximum absolute atomic E-state index is 4.97. The molecule has 4 N–H and O–H groups in total. The maximum Gasteiger partial charge on any atom is 0.125 e. The molecule has 0 spiro atoms. The zero-order valence-corrected chi connectivity index (χ0v) is 38.4. The monoisotopic (exact) mass is 867 g/mol. The van der Waals surface area contributed by atoms with Crippen molar-refractivity contribution >= 4 is 49.8 Å². The van der Waals surface area contributed by atoms with Crippen molar-refractivity contribution in [1.29, 1.82) is 0 Å². The second-order valence-corrected chi connectivity index (χ2v) is 19.7. The van der Waals surface area contributed by atoms with Crippen LogP contribution in [-0.2, 0) is 0 Å². The number of para-hydroxylation sites is 2. The van der Waals surface area contributed by atoms with E-state index in [1.807, 2.05) is 0 Å². The molecular formula is C55H66N10. The van der Waals surface area contributed by atoms with Crippen molar-refractivity contribution in [2.45, 2.75) is 94.9 Å². The number of aliphatic imine (C=N–C) groups is 1. The number of nitrogens with one attached hydrogen (secondary N) is 4. The van der Waals surface area contributed by atoms with Crippen LogP contribution in [0.2, 0.25) is 0 Å². The van der Waals surface area contributed by atoms with E-state index in [-0.39, 0.29) is 24.7 Å². The highest BCUT2D eigenvalue weighted by molar-refractivity contribution is 6.28. The molecule has 0 amide bonds. The summed E-state index contributed by atoms with van der Waals surface area (Å²) < 4.78 is 5.11. The van der Waals surface area contributed by atoms with Gasteiger partial charge in [-0.05, 0) is 155 Å². The Kier molecular flexibility index (Phi) is 11.3. The average Bonchev–Trinajstić information content (AvgIpc) is 3.72. The molecule has 0 bridgehead atoms. The molecule has 12 rings (SSSR count). The second kappa shape index (κ2) is 17.7. The number of benzene rings is 5. The summed E-state index contributed by atoms with van der Waals surface area (Å²) >= 11 is 0. The lowest BCUT2D eigenvalue weighted by Gasteiger charge is -2.42. The van der Waals surface area contributed by atoms with Crippen molar-refractivity contribution in [3.8, 4) is 11.4 Å². The Bertz CT molecular complexity index is 2880. The van der Waals surface area contributed by atoms with E-state index in [9.17, 15) is 0 Å². The van der Waals surface area contributed by atoms with Crippen molar-refractivity contribution in [1.82, 2.24) is 45.1 Å². The number of fused-ring (bicyclic) bond motifs is 7. The van der Waals surface area contributed by atoms with Gasteiger partial charge in [0.2, 0.25) is 0 Å². The van der Waals surface area contributed by atoms with E-state index in [0.717, 1.165) is 58.7 Å². The molecular weight excluding hydrogens is 801 g/mol. The molecule has 10 heteroatoms. The summed E-state index contributed by atoms with van der Waals surface area (Å²) in [6, 6.07) is 38.4. The Morgan fingerprint density at radius 3 is 1.54 bits per heavy atom. The smallest absolute Gasteiger partial charge is 0.125 e. The Morgan fingerprint density at radius 2 is 0.985 bits per heavy atom. The van der Waals surface area contributed by atoms with Crippen molar-refractivity contribution < 1.29 is 0 Å². The van der Waals surface area contributed by atoms with E-state index >= 15 is 0 Å². The van der Waals surface area contributed by atoms with Crippen LogP contribution in [-0.4, -0.2) is 96.0 Å². The molecule has 1 aliphatic carbocycles. The number of nitrogens with zero attached hydrogens (tertiary/aromatic N) is 6. The van der Waals surface area contributed by atoms with Crippen LogP contribution in [0.15, 0.2) is 102 Å². The molecule has 3 saturated heterocycles. The Labute approximate surface area is 384 Å². The fourth-order valence-corrected chi connectivity index (χ4v) is 12.5. The molecule has 7 aromatic rings. The van der Waals surface area contributed by atoms with E-state index < -0.39 is 0 Å². The molecule has 10 nitrogen and oxygen atoms in total. The fraction of sp³-hybridized carbons (Fsp3) is 0.436. The first-order valence-corrected chi connectivity index (χ1v) is 25.0. The quantitative estimate of drug-likeness (QED) is 0.119. The van der Waals surface area contributed by atoms with Crippen LogP contribution >= 0.6 is 0 Å². The summed E-state index contributed by atoms with van der Waals surface area (Å²) in [7, 11) is 4.53. The zero-order valence-electron chi connectivity index (χ0n) is 38.4. The van der Waals surface area contributed by atoms with Crippen molar-refractivity contribution in [2.24, 2.45) is 4.99 Å². The Morgan fingerprint density at radius 1 is 0.477 bits per heavy atom. The van der Waals surface area contributed by atoms with Gasteiger partial charge in [-0.1, -0.05) is 62.1 Å². The third-order valence-electron chi connectivity index (χ3n) is 15.5. The minimum atomic E-state index is -0.0681. The van der Waals surface area contributed by atoms with Crippen LogP contribution in [0.3, 0.4) is 0 Å². The molecule has 2 aromatic heterocycles. The molecule has 336 valence electrons. The highest BCUT2D eigenvalue weighted by Crippen LogP contribution is 2.44. The largest absolute Gasteiger partial charge is 0.309 e. The maximum atomic E-state index is 4.97. The number of aromatic nitrogens is 2. The molecule has 1 saturated carbocycles. The average molecular weight is 867 g/mol. The standard InChI is InChI=1S/C55H66N10/c1-61-28-12-25-58-53(61)38-31-37(52-56-23-11-24-57-52)33-42(34-38)64-46-19-9-7-17-44(46)50-48(64)21-22-49-51(50)45-18-8-10-20-47(45)65(49)43-35-39(54-59-26-13-29-62(54)2)32-40(36-43)55-60-27-14-30-63(55)41-15-5-3-4-6-16-41/h7-10,17-23,31-36,41,52-55,57-60H,3-6,11-16,24-30H2,1-2H3. The van der Waals surface area contributed by atoms with E-state index in [4.69, 9.17) is 4.99 Å². The van der Waals surface area contributed by atoms with E-state index in [0.29, 0.717) is 6.04 Å². The molecule has 0 radical (unpaired) electrons.